The van der Waals surface area contributed by atoms with Gasteiger partial charge in [0.2, 0.25) is 5.91 Å². The van der Waals surface area contributed by atoms with E-state index in [1.54, 1.807) is 27.7 Å². The second kappa shape index (κ2) is 11.3. The van der Waals surface area contributed by atoms with E-state index in [0.717, 1.165) is 0 Å². The Morgan fingerprint density at radius 1 is 1.26 bits per heavy atom. The van der Waals surface area contributed by atoms with E-state index in [1.165, 1.54) is 32.0 Å². The quantitative estimate of drug-likeness (QED) is 0.415. The van der Waals surface area contributed by atoms with Crippen molar-refractivity contribution in [1.82, 2.24) is 10.6 Å². The van der Waals surface area contributed by atoms with Crippen molar-refractivity contribution < 1.29 is 43.2 Å². The van der Waals surface area contributed by atoms with Crippen molar-refractivity contribution >= 4 is 35.7 Å². The number of thioether (sulfide) groups is 1. The molecule has 2 atom stereocenters. The van der Waals surface area contributed by atoms with E-state index in [2.05, 4.69) is 10.6 Å². The zero-order valence-electron chi connectivity index (χ0n) is 20.0. The van der Waals surface area contributed by atoms with Gasteiger partial charge in [-0.3, -0.25) is 4.79 Å². The molecule has 1 aliphatic rings. The first-order chi connectivity index (χ1) is 15.9. The fourth-order valence-electron chi connectivity index (χ4n) is 3.16. The van der Waals surface area contributed by atoms with Gasteiger partial charge in [0.05, 0.1) is 19.8 Å². The van der Waals surface area contributed by atoms with Crippen LogP contribution in [0, 0.1) is 6.92 Å². The summed E-state index contributed by atoms with van der Waals surface area (Å²) < 4.78 is 20.6. The van der Waals surface area contributed by atoms with E-state index >= 15 is 0 Å². The third-order valence-corrected chi connectivity index (χ3v) is 5.83. The summed E-state index contributed by atoms with van der Waals surface area (Å²) in [4.78, 5) is 50.4. The molecule has 11 nitrogen and oxygen atoms in total. The molecule has 188 valence electrons. The number of carbonyl (C=O) groups is 4. The standard InChI is InChI=1S/C22H30N2O9S/c1-11-16(30-5)7-15(25)12-9-34-10-14(19(27)31-6)23-18(26)13(8-32-20(28)17(11)12)24-21(29)33-22(2,3)4/h7,13-14,25H,8-10H2,1-6H3,(H,23,26)(H,24,29)/t13-,14+/m1/s1. The number of esters is 2. The largest absolute Gasteiger partial charge is 0.507 e. The Labute approximate surface area is 201 Å². The minimum atomic E-state index is -1.36. The Kier molecular flexibility index (Phi) is 9.02. The van der Waals surface area contributed by atoms with Gasteiger partial charge >= 0.3 is 18.0 Å². The normalized spacial score (nSPS) is 19.4. The van der Waals surface area contributed by atoms with Crippen molar-refractivity contribution in [3.05, 3.63) is 22.8 Å². The molecule has 1 aromatic carbocycles. The van der Waals surface area contributed by atoms with Crippen molar-refractivity contribution in [3.8, 4) is 11.5 Å². The van der Waals surface area contributed by atoms with E-state index in [0.29, 0.717) is 11.1 Å². The number of carbonyl (C=O) groups excluding carboxylic acids is 4. The highest BCUT2D eigenvalue weighted by Gasteiger charge is 2.32. The second-order valence-electron chi connectivity index (χ2n) is 8.47. The molecule has 0 bridgehead atoms. The highest BCUT2D eigenvalue weighted by molar-refractivity contribution is 7.98. The Bertz CT molecular complexity index is 959. The molecular weight excluding hydrogens is 468 g/mol. The summed E-state index contributed by atoms with van der Waals surface area (Å²) in [7, 11) is 2.58. The molecule has 0 radical (unpaired) electrons. The molecule has 0 spiro atoms. The molecule has 2 rings (SSSR count). The summed E-state index contributed by atoms with van der Waals surface area (Å²) in [6, 6.07) is -1.02. The number of amides is 2. The summed E-state index contributed by atoms with van der Waals surface area (Å²) in [5.41, 5.74) is -0.0298. The molecule has 1 heterocycles. The first-order valence-corrected chi connectivity index (χ1v) is 11.6. The molecule has 1 aromatic rings. The van der Waals surface area contributed by atoms with Crippen LogP contribution in [0.1, 0.15) is 42.3 Å². The number of nitrogens with one attached hydrogen (secondary N) is 2. The second-order valence-corrected chi connectivity index (χ2v) is 9.50. The molecule has 12 heteroatoms. The number of benzene rings is 1. The van der Waals surface area contributed by atoms with Crippen molar-refractivity contribution in [2.24, 2.45) is 0 Å². The third kappa shape index (κ3) is 6.92. The first-order valence-electron chi connectivity index (χ1n) is 10.4. The Hall–Kier alpha value is -3.15. The molecule has 3 N–H and O–H groups in total. The fraction of sp³-hybridized carbons (Fsp3) is 0.545. The van der Waals surface area contributed by atoms with Gasteiger partial charge in [0.25, 0.3) is 0 Å². The maximum Gasteiger partial charge on any atom is 0.408 e. The average Bonchev–Trinajstić information content (AvgIpc) is 2.74. The molecule has 1 aliphatic heterocycles. The fourth-order valence-corrected chi connectivity index (χ4v) is 4.23. The lowest BCUT2D eigenvalue weighted by molar-refractivity contribution is -0.144. The van der Waals surface area contributed by atoms with E-state index < -0.39 is 48.2 Å². The Morgan fingerprint density at radius 3 is 2.53 bits per heavy atom. The molecule has 0 saturated carbocycles. The summed E-state index contributed by atoms with van der Waals surface area (Å²) in [5.74, 6) is -1.95. The summed E-state index contributed by atoms with van der Waals surface area (Å²) in [6.45, 7) is 6.03. The maximum atomic E-state index is 13.0. The van der Waals surface area contributed by atoms with Gasteiger partial charge in [0.1, 0.15) is 35.8 Å². The van der Waals surface area contributed by atoms with Crippen LogP contribution in [0.2, 0.25) is 0 Å². The van der Waals surface area contributed by atoms with Gasteiger partial charge in [0, 0.05) is 28.7 Å². The number of phenols is 1. The zero-order valence-corrected chi connectivity index (χ0v) is 20.8. The molecule has 0 aromatic heterocycles. The Balaban J connectivity index is 2.45. The van der Waals surface area contributed by atoms with Crippen LogP contribution in [-0.2, 0) is 29.6 Å². The molecule has 0 unspecified atom stereocenters. The van der Waals surface area contributed by atoms with Crippen molar-refractivity contribution in [2.45, 2.75) is 51.1 Å². The molecule has 2 amide bonds. The first kappa shape index (κ1) is 27.1. The van der Waals surface area contributed by atoms with E-state index in [4.69, 9.17) is 18.9 Å². The van der Waals surface area contributed by atoms with E-state index in [1.807, 2.05) is 0 Å². The number of methoxy groups -OCH3 is 2. The minimum Gasteiger partial charge on any atom is -0.507 e. The third-order valence-electron chi connectivity index (χ3n) is 4.77. The number of alkyl carbamates (subject to hydrolysis) is 1. The number of ether oxygens (including phenoxy) is 4. The van der Waals surface area contributed by atoms with Crippen molar-refractivity contribution in [1.29, 1.82) is 0 Å². The summed E-state index contributed by atoms with van der Waals surface area (Å²) in [5, 5.41) is 15.4. The predicted molar refractivity (Wildman–Crippen MR) is 123 cm³/mol. The maximum absolute atomic E-state index is 13.0. The van der Waals surface area contributed by atoms with Crippen LogP contribution in [0.15, 0.2) is 6.07 Å². The van der Waals surface area contributed by atoms with Gasteiger partial charge in [-0.2, -0.15) is 11.8 Å². The average molecular weight is 499 g/mol. The van der Waals surface area contributed by atoms with Gasteiger partial charge in [-0.1, -0.05) is 0 Å². The van der Waals surface area contributed by atoms with E-state index in [-0.39, 0.29) is 28.6 Å². The molecule has 0 saturated heterocycles. The van der Waals surface area contributed by atoms with Gasteiger partial charge < -0.3 is 34.7 Å². The number of fused-ring (bicyclic) bond motifs is 1. The number of hydrogen-bond acceptors (Lipinski definition) is 10. The van der Waals surface area contributed by atoms with Crippen LogP contribution in [0.3, 0.4) is 0 Å². The minimum absolute atomic E-state index is 0.0796. The van der Waals surface area contributed by atoms with Gasteiger partial charge in [-0.15, -0.1) is 0 Å². The lowest BCUT2D eigenvalue weighted by Crippen LogP contribution is -2.55. The van der Waals surface area contributed by atoms with Gasteiger partial charge in [-0.25, -0.2) is 14.4 Å². The Morgan fingerprint density at radius 2 is 1.94 bits per heavy atom. The van der Waals surface area contributed by atoms with Gasteiger partial charge in [-0.05, 0) is 27.7 Å². The number of rotatable bonds is 3. The lowest BCUT2D eigenvalue weighted by atomic mass is 10.0. The zero-order chi connectivity index (χ0) is 25.6. The number of phenolic OH excluding ortho intramolecular Hbond substituents is 1. The van der Waals surface area contributed by atoms with Gasteiger partial charge in [0.15, 0.2) is 0 Å². The molecule has 0 aliphatic carbocycles. The van der Waals surface area contributed by atoms with Crippen molar-refractivity contribution in [2.75, 3.05) is 26.6 Å². The smallest absolute Gasteiger partial charge is 0.408 e. The summed E-state index contributed by atoms with van der Waals surface area (Å²) >= 11 is 1.19. The SMILES string of the molecule is COC(=O)[C@@H]1CSCc2c(O)cc(OC)c(C)c2C(=O)OC[C@@H](NC(=O)OC(C)(C)C)C(=O)N1. The van der Waals surface area contributed by atoms with Crippen LogP contribution < -0.4 is 15.4 Å². The highest BCUT2D eigenvalue weighted by atomic mass is 32.2. The molecular formula is C22H30N2O9S. The van der Waals surface area contributed by atoms with Crippen molar-refractivity contribution in [3.63, 3.8) is 0 Å². The monoisotopic (exact) mass is 498 g/mol. The lowest BCUT2D eigenvalue weighted by Gasteiger charge is -2.25. The summed E-state index contributed by atoms with van der Waals surface area (Å²) in [6.07, 6.45) is -0.907. The van der Waals surface area contributed by atoms with Crippen LogP contribution in [-0.4, -0.2) is 73.3 Å². The highest BCUT2D eigenvalue weighted by Crippen LogP contribution is 2.35. The number of hydrogen-bond donors (Lipinski definition) is 3. The van der Waals surface area contributed by atoms with Crippen LogP contribution in [0.25, 0.3) is 0 Å². The number of aromatic hydroxyl groups is 1. The van der Waals surface area contributed by atoms with E-state index in [9.17, 15) is 24.3 Å². The van der Waals surface area contributed by atoms with Crippen LogP contribution in [0.4, 0.5) is 4.79 Å². The van der Waals surface area contributed by atoms with Crippen LogP contribution in [0.5, 0.6) is 11.5 Å². The number of cyclic esters (lactones) is 1. The molecule has 0 fully saturated rings. The topological polar surface area (TPSA) is 149 Å². The molecule has 34 heavy (non-hydrogen) atoms. The van der Waals surface area contributed by atoms with Crippen LogP contribution >= 0.6 is 11.8 Å². The predicted octanol–water partition coefficient (Wildman–Crippen LogP) is 1.66.